The highest BCUT2D eigenvalue weighted by molar-refractivity contribution is 5.31. The summed E-state index contributed by atoms with van der Waals surface area (Å²) in [6.45, 7) is 15.8. The van der Waals surface area contributed by atoms with Gasteiger partial charge in [0, 0.05) is 24.5 Å². The molecule has 0 amide bonds. The van der Waals surface area contributed by atoms with Crippen LogP contribution < -0.4 is 0 Å². The SMILES string of the molecule is COC(C)(C)C=CCC(C)C1CCC2(C)C3CC=C4C(CCC(OC5OC(CO)C(O)C(O)C5O)C4(C)C)C3(CO)CCC12C. The standard InChI is InChI=1S/C37H62O8/c1-22(10-9-16-33(2,3)43-8)23-15-17-36(7)27-13-11-24-25(37(27,21-39)19-18-35(23,36)6)12-14-28(34(24,4)5)45-32-31(42)30(41)29(40)26(20-38)44-32/h9,11,16,22-23,25-32,38-42H,10,12-15,17-21H2,1-8H3. The first-order valence-corrected chi connectivity index (χ1v) is 17.5. The molecule has 45 heavy (non-hydrogen) atoms. The zero-order valence-corrected chi connectivity index (χ0v) is 29.0. The van der Waals surface area contributed by atoms with Crippen LogP contribution in [-0.4, -0.2) is 88.3 Å². The summed E-state index contributed by atoms with van der Waals surface area (Å²) in [4.78, 5) is 0. The van der Waals surface area contributed by atoms with E-state index in [0.29, 0.717) is 17.8 Å². The number of aliphatic hydroxyl groups is 5. The van der Waals surface area contributed by atoms with Gasteiger partial charge in [0.2, 0.25) is 0 Å². The number of allylic oxidation sites excluding steroid dienone is 2. The Morgan fingerprint density at radius 2 is 1.69 bits per heavy atom. The highest BCUT2D eigenvalue weighted by atomic mass is 16.7. The highest BCUT2D eigenvalue weighted by Gasteiger charge is 2.68. The minimum Gasteiger partial charge on any atom is -0.396 e. The van der Waals surface area contributed by atoms with Gasteiger partial charge in [-0.2, -0.15) is 0 Å². The van der Waals surface area contributed by atoms with E-state index in [4.69, 9.17) is 14.2 Å². The Kier molecular flexibility index (Phi) is 9.90. The average molecular weight is 635 g/mol. The molecular weight excluding hydrogens is 572 g/mol. The van der Waals surface area contributed by atoms with E-state index in [1.165, 1.54) is 18.4 Å². The molecule has 13 unspecified atom stereocenters. The zero-order chi connectivity index (χ0) is 33.2. The zero-order valence-electron chi connectivity index (χ0n) is 29.0. The minimum atomic E-state index is -1.46. The summed E-state index contributed by atoms with van der Waals surface area (Å²) in [5, 5.41) is 52.3. The van der Waals surface area contributed by atoms with Crippen LogP contribution in [0, 0.1) is 45.3 Å². The summed E-state index contributed by atoms with van der Waals surface area (Å²) in [5.41, 5.74) is 0.867. The fraction of sp³-hybridized carbons (Fsp3) is 0.892. The van der Waals surface area contributed by atoms with Gasteiger partial charge in [0.1, 0.15) is 24.4 Å². The topological polar surface area (TPSA) is 129 Å². The van der Waals surface area contributed by atoms with Gasteiger partial charge >= 0.3 is 0 Å². The number of rotatable bonds is 9. The quantitative estimate of drug-likeness (QED) is 0.230. The molecule has 8 nitrogen and oxygen atoms in total. The highest BCUT2D eigenvalue weighted by Crippen LogP contribution is 2.75. The number of hydrogen-bond donors (Lipinski definition) is 5. The van der Waals surface area contributed by atoms with Crippen molar-refractivity contribution in [2.75, 3.05) is 20.3 Å². The first-order chi connectivity index (χ1) is 21.0. The predicted molar refractivity (Wildman–Crippen MR) is 173 cm³/mol. The van der Waals surface area contributed by atoms with E-state index in [-0.39, 0.29) is 45.9 Å². The largest absolute Gasteiger partial charge is 0.396 e. The van der Waals surface area contributed by atoms with Crippen molar-refractivity contribution in [1.82, 2.24) is 0 Å². The first-order valence-electron chi connectivity index (χ1n) is 17.5. The second-order valence-corrected chi connectivity index (χ2v) is 16.9. The van der Waals surface area contributed by atoms with Gasteiger partial charge in [-0.1, -0.05) is 58.4 Å². The normalized spacial score (nSPS) is 47.1. The van der Waals surface area contributed by atoms with E-state index in [0.717, 1.165) is 38.5 Å². The van der Waals surface area contributed by atoms with Gasteiger partial charge in [-0.05, 0) is 99.7 Å². The summed E-state index contributed by atoms with van der Waals surface area (Å²) < 4.78 is 17.7. The summed E-state index contributed by atoms with van der Waals surface area (Å²) in [7, 11) is 1.76. The van der Waals surface area contributed by atoms with Gasteiger partial charge in [0.15, 0.2) is 6.29 Å². The molecule has 5 rings (SSSR count). The number of fused-ring (bicyclic) bond motifs is 5. The van der Waals surface area contributed by atoms with Crippen LogP contribution in [0.2, 0.25) is 0 Å². The number of ether oxygens (including phenoxy) is 3. The molecule has 0 radical (unpaired) electrons. The fourth-order valence-electron chi connectivity index (χ4n) is 11.0. The molecule has 0 spiro atoms. The molecule has 258 valence electrons. The molecule has 8 heteroatoms. The lowest BCUT2D eigenvalue weighted by Crippen LogP contribution is -2.62. The molecule has 5 aliphatic rings. The van der Waals surface area contributed by atoms with Gasteiger partial charge in [-0.3, -0.25) is 0 Å². The van der Waals surface area contributed by atoms with Crippen molar-refractivity contribution in [2.45, 2.75) is 142 Å². The monoisotopic (exact) mass is 634 g/mol. The van der Waals surface area contributed by atoms with Gasteiger partial charge < -0.3 is 39.7 Å². The maximum Gasteiger partial charge on any atom is 0.187 e. The summed E-state index contributed by atoms with van der Waals surface area (Å²) in [6.07, 6.45) is 8.42. The third kappa shape index (κ3) is 5.61. The maximum absolute atomic E-state index is 11.4. The predicted octanol–water partition coefficient (Wildman–Crippen LogP) is 4.76. The van der Waals surface area contributed by atoms with Crippen LogP contribution in [0.1, 0.15) is 99.8 Å². The van der Waals surface area contributed by atoms with Crippen molar-refractivity contribution < 1.29 is 39.7 Å². The molecule has 1 heterocycles. The van der Waals surface area contributed by atoms with Crippen molar-refractivity contribution in [2.24, 2.45) is 45.3 Å². The Bertz CT molecular complexity index is 1120. The molecule has 0 aromatic heterocycles. The van der Waals surface area contributed by atoms with Gasteiger partial charge in [0.25, 0.3) is 0 Å². The molecule has 3 saturated carbocycles. The molecule has 13 atom stereocenters. The lowest BCUT2D eigenvalue weighted by Gasteiger charge is -2.66. The molecule has 1 saturated heterocycles. The van der Waals surface area contributed by atoms with Crippen LogP contribution in [-0.2, 0) is 14.2 Å². The summed E-state index contributed by atoms with van der Waals surface area (Å²) >= 11 is 0. The van der Waals surface area contributed by atoms with Crippen molar-refractivity contribution >= 4 is 0 Å². The van der Waals surface area contributed by atoms with Crippen LogP contribution in [0.25, 0.3) is 0 Å². The van der Waals surface area contributed by atoms with Crippen molar-refractivity contribution in [1.29, 1.82) is 0 Å². The third-order valence-corrected chi connectivity index (χ3v) is 14.3. The maximum atomic E-state index is 11.4. The van der Waals surface area contributed by atoms with Crippen LogP contribution in [0.15, 0.2) is 23.8 Å². The van der Waals surface area contributed by atoms with Crippen LogP contribution in [0.5, 0.6) is 0 Å². The molecule has 5 N–H and O–H groups in total. The Morgan fingerprint density at radius 3 is 2.33 bits per heavy atom. The second kappa shape index (κ2) is 12.6. The third-order valence-electron chi connectivity index (χ3n) is 14.3. The van der Waals surface area contributed by atoms with Crippen molar-refractivity contribution in [3.05, 3.63) is 23.8 Å². The molecule has 4 fully saturated rings. The summed E-state index contributed by atoms with van der Waals surface area (Å²) in [6, 6.07) is 0. The van der Waals surface area contributed by atoms with E-state index in [1.54, 1.807) is 7.11 Å². The van der Waals surface area contributed by atoms with E-state index in [2.05, 4.69) is 66.7 Å². The molecule has 0 aromatic carbocycles. The van der Waals surface area contributed by atoms with E-state index < -0.39 is 37.3 Å². The fourth-order valence-corrected chi connectivity index (χ4v) is 11.0. The van der Waals surface area contributed by atoms with Gasteiger partial charge in [0.05, 0.1) is 18.3 Å². The van der Waals surface area contributed by atoms with Crippen molar-refractivity contribution in [3.63, 3.8) is 0 Å². The number of methoxy groups -OCH3 is 1. The molecule has 4 aliphatic carbocycles. The van der Waals surface area contributed by atoms with Crippen LogP contribution in [0.4, 0.5) is 0 Å². The van der Waals surface area contributed by atoms with Crippen molar-refractivity contribution in [3.8, 4) is 0 Å². The summed E-state index contributed by atoms with van der Waals surface area (Å²) in [5.74, 6) is 1.87. The first kappa shape index (κ1) is 35.5. The Balaban J connectivity index is 1.37. The molecular formula is C37H62O8. The Morgan fingerprint density at radius 1 is 0.978 bits per heavy atom. The van der Waals surface area contributed by atoms with Crippen LogP contribution >= 0.6 is 0 Å². The Labute approximate surface area is 271 Å². The minimum absolute atomic E-state index is 0.137. The van der Waals surface area contributed by atoms with Crippen LogP contribution in [0.3, 0.4) is 0 Å². The molecule has 1 aliphatic heterocycles. The van der Waals surface area contributed by atoms with E-state index in [1.807, 2.05) is 0 Å². The van der Waals surface area contributed by atoms with E-state index >= 15 is 0 Å². The lowest BCUT2D eigenvalue weighted by atomic mass is 9.38. The molecule has 0 aromatic rings. The lowest BCUT2D eigenvalue weighted by molar-refractivity contribution is -0.320. The number of hydrogen-bond acceptors (Lipinski definition) is 8. The van der Waals surface area contributed by atoms with Gasteiger partial charge in [-0.15, -0.1) is 0 Å². The number of aliphatic hydroxyl groups excluding tert-OH is 5. The average Bonchev–Trinajstić information content (AvgIpc) is 3.29. The second-order valence-electron chi connectivity index (χ2n) is 16.9. The van der Waals surface area contributed by atoms with E-state index in [9.17, 15) is 25.5 Å². The Hall–Kier alpha value is -0.840. The van der Waals surface area contributed by atoms with Gasteiger partial charge in [-0.25, -0.2) is 0 Å². The smallest absolute Gasteiger partial charge is 0.187 e. The molecule has 0 bridgehead atoms.